The lowest BCUT2D eigenvalue weighted by molar-refractivity contribution is 0.311. The van der Waals surface area contributed by atoms with Crippen LogP contribution in [0.1, 0.15) is 19.8 Å². The van der Waals surface area contributed by atoms with Crippen molar-refractivity contribution in [3.05, 3.63) is 0 Å². The van der Waals surface area contributed by atoms with Gasteiger partial charge in [0.1, 0.15) is 0 Å². The molecule has 3 heteroatoms. The van der Waals surface area contributed by atoms with Gasteiger partial charge in [-0.3, -0.25) is 4.67 Å². The van der Waals surface area contributed by atoms with E-state index in [4.69, 9.17) is 0 Å². The second-order valence-electron chi connectivity index (χ2n) is 2.87. The molecular formula is C7H17N2P. The van der Waals surface area contributed by atoms with Crippen molar-refractivity contribution in [1.82, 2.24) is 9.99 Å². The van der Waals surface area contributed by atoms with Crippen LogP contribution in [-0.2, 0) is 0 Å². The second-order valence-corrected chi connectivity index (χ2v) is 3.60. The van der Waals surface area contributed by atoms with E-state index in [9.17, 15) is 0 Å². The summed E-state index contributed by atoms with van der Waals surface area (Å²) in [5.74, 6) is 0. The van der Waals surface area contributed by atoms with Gasteiger partial charge in [0, 0.05) is 19.1 Å². The van der Waals surface area contributed by atoms with Gasteiger partial charge in [-0.25, -0.2) is 0 Å². The Labute approximate surface area is 65.6 Å². The molecule has 0 aromatic carbocycles. The summed E-state index contributed by atoms with van der Waals surface area (Å²) in [5.41, 5.74) is 0. The molecule has 1 heterocycles. The van der Waals surface area contributed by atoms with Crippen LogP contribution >= 0.6 is 9.39 Å². The standard InChI is InChI=1S/C7H17N2P/c1-2-8-7-3-5-9(10)6-4-7/h7-8H,2-6,10H2,1H3. The van der Waals surface area contributed by atoms with Crippen LogP contribution in [0.5, 0.6) is 0 Å². The molecule has 10 heavy (non-hydrogen) atoms. The third kappa shape index (κ3) is 2.53. The fraction of sp³-hybridized carbons (Fsp3) is 1.00. The van der Waals surface area contributed by atoms with Crippen molar-refractivity contribution >= 4 is 9.39 Å². The fourth-order valence-corrected chi connectivity index (χ4v) is 1.69. The topological polar surface area (TPSA) is 15.3 Å². The molecule has 1 aliphatic heterocycles. The summed E-state index contributed by atoms with van der Waals surface area (Å²) >= 11 is 0. The van der Waals surface area contributed by atoms with E-state index in [1.165, 1.54) is 25.9 Å². The third-order valence-corrected chi connectivity index (χ3v) is 2.54. The Morgan fingerprint density at radius 3 is 2.60 bits per heavy atom. The molecule has 1 saturated heterocycles. The van der Waals surface area contributed by atoms with E-state index in [2.05, 4.69) is 26.3 Å². The molecule has 60 valence electrons. The smallest absolute Gasteiger partial charge is 0.00915 e. The van der Waals surface area contributed by atoms with E-state index in [0.717, 1.165) is 12.6 Å². The third-order valence-electron chi connectivity index (χ3n) is 2.02. The number of hydrogen-bond acceptors (Lipinski definition) is 2. The molecule has 0 spiro atoms. The molecule has 1 aliphatic rings. The highest BCUT2D eigenvalue weighted by Gasteiger charge is 2.14. The molecule has 0 aromatic rings. The van der Waals surface area contributed by atoms with Crippen LogP contribution < -0.4 is 5.32 Å². The summed E-state index contributed by atoms with van der Waals surface area (Å²) in [6, 6.07) is 0.779. The summed E-state index contributed by atoms with van der Waals surface area (Å²) in [5, 5.41) is 3.47. The lowest BCUT2D eigenvalue weighted by atomic mass is 10.1. The van der Waals surface area contributed by atoms with Gasteiger partial charge in [-0.1, -0.05) is 16.3 Å². The Balaban J connectivity index is 2.13. The molecule has 1 unspecified atom stereocenters. The second kappa shape index (κ2) is 4.27. The quantitative estimate of drug-likeness (QED) is 0.602. The van der Waals surface area contributed by atoms with Gasteiger partial charge in [0.15, 0.2) is 0 Å². The number of nitrogens with one attached hydrogen (secondary N) is 1. The summed E-state index contributed by atoms with van der Waals surface area (Å²) < 4.78 is 2.31. The minimum Gasteiger partial charge on any atom is -0.314 e. The van der Waals surface area contributed by atoms with Gasteiger partial charge in [-0.15, -0.1) is 0 Å². The van der Waals surface area contributed by atoms with Crippen molar-refractivity contribution in [1.29, 1.82) is 0 Å². The molecule has 0 amide bonds. The first kappa shape index (κ1) is 8.45. The van der Waals surface area contributed by atoms with Gasteiger partial charge in [0.05, 0.1) is 0 Å². The highest BCUT2D eigenvalue weighted by atomic mass is 31.0. The monoisotopic (exact) mass is 160 g/mol. The Morgan fingerprint density at radius 2 is 2.10 bits per heavy atom. The first-order chi connectivity index (χ1) is 4.83. The lowest BCUT2D eigenvalue weighted by Crippen LogP contribution is -2.38. The summed E-state index contributed by atoms with van der Waals surface area (Å²) in [7, 11) is 2.76. The van der Waals surface area contributed by atoms with Crippen LogP contribution in [-0.4, -0.2) is 30.3 Å². The minimum atomic E-state index is 0.779. The zero-order chi connectivity index (χ0) is 7.40. The number of piperidine rings is 1. The van der Waals surface area contributed by atoms with Crippen molar-refractivity contribution in [3.8, 4) is 0 Å². The molecule has 0 aromatic heterocycles. The number of rotatable bonds is 2. The van der Waals surface area contributed by atoms with Crippen LogP contribution in [0, 0.1) is 0 Å². The van der Waals surface area contributed by atoms with Crippen LogP contribution in [0.15, 0.2) is 0 Å². The molecule has 0 aliphatic carbocycles. The van der Waals surface area contributed by atoms with E-state index in [1.807, 2.05) is 0 Å². The first-order valence-electron chi connectivity index (χ1n) is 4.06. The van der Waals surface area contributed by atoms with Crippen molar-refractivity contribution in [2.24, 2.45) is 0 Å². The van der Waals surface area contributed by atoms with E-state index in [-0.39, 0.29) is 0 Å². The molecule has 1 fully saturated rings. The van der Waals surface area contributed by atoms with Gasteiger partial charge in [0.2, 0.25) is 0 Å². The first-order valence-corrected chi connectivity index (χ1v) is 4.57. The van der Waals surface area contributed by atoms with Gasteiger partial charge < -0.3 is 5.32 Å². The van der Waals surface area contributed by atoms with E-state index >= 15 is 0 Å². The normalized spacial score (nSPS) is 23.4. The lowest BCUT2D eigenvalue weighted by Gasteiger charge is -2.28. The maximum Gasteiger partial charge on any atom is 0.00915 e. The Bertz CT molecular complexity index is 89.6. The molecule has 1 atom stereocenters. The Kier molecular flexibility index (Phi) is 3.61. The average molecular weight is 160 g/mol. The van der Waals surface area contributed by atoms with Crippen molar-refractivity contribution in [3.63, 3.8) is 0 Å². The SMILES string of the molecule is CCNC1CCN(P)CC1. The van der Waals surface area contributed by atoms with E-state index in [1.54, 1.807) is 0 Å². The fourth-order valence-electron chi connectivity index (χ4n) is 1.39. The summed E-state index contributed by atoms with van der Waals surface area (Å²) in [6.45, 7) is 5.74. The van der Waals surface area contributed by atoms with Crippen LogP contribution in [0.3, 0.4) is 0 Å². The predicted molar refractivity (Wildman–Crippen MR) is 48.0 cm³/mol. The zero-order valence-electron chi connectivity index (χ0n) is 6.64. The van der Waals surface area contributed by atoms with Crippen LogP contribution in [0.4, 0.5) is 0 Å². The van der Waals surface area contributed by atoms with Crippen molar-refractivity contribution < 1.29 is 0 Å². The molecule has 1 N–H and O–H groups in total. The number of nitrogens with zero attached hydrogens (tertiary/aromatic N) is 1. The summed E-state index contributed by atoms with van der Waals surface area (Å²) in [6.07, 6.45) is 2.61. The van der Waals surface area contributed by atoms with E-state index < -0.39 is 0 Å². The predicted octanol–water partition coefficient (Wildman–Crippen LogP) is 0.850. The molecule has 1 rings (SSSR count). The highest BCUT2D eigenvalue weighted by molar-refractivity contribution is 7.13. The van der Waals surface area contributed by atoms with Gasteiger partial charge in [0.25, 0.3) is 0 Å². The minimum absolute atomic E-state index is 0.779. The maximum absolute atomic E-state index is 3.47. The highest BCUT2D eigenvalue weighted by Crippen LogP contribution is 2.12. The summed E-state index contributed by atoms with van der Waals surface area (Å²) in [4.78, 5) is 0. The average Bonchev–Trinajstić information content (AvgIpc) is 1.95. The van der Waals surface area contributed by atoms with Gasteiger partial charge in [-0.2, -0.15) is 0 Å². The van der Waals surface area contributed by atoms with Crippen LogP contribution in [0.2, 0.25) is 0 Å². The maximum atomic E-state index is 3.47. The van der Waals surface area contributed by atoms with Crippen LogP contribution in [0.25, 0.3) is 0 Å². The van der Waals surface area contributed by atoms with E-state index in [0.29, 0.717) is 0 Å². The molecular weight excluding hydrogens is 143 g/mol. The van der Waals surface area contributed by atoms with Crippen molar-refractivity contribution in [2.45, 2.75) is 25.8 Å². The molecule has 0 saturated carbocycles. The van der Waals surface area contributed by atoms with Gasteiger partial charge >= 0.3 is 0 Å². The number of hydrogen-bond donors (Lipinski definition) is 1. The van der Waals surface area contributed by atoms with Gasteiger partial charge in [-0.05, 0) is 19.4 Å². The molecule has 0 bridgehead atoms. The zero-order valence-corrected chi connectivity index (χ0v) is 7.79. The van der Waals surface area contributed by atoms with Crippen molar-refractivity contribution in [2.75, 3.05) is 19.6 Å². The molecule has 0 radical (unpaired) electrons. The molecule has 2 nitrogen and oxygen atoms in total. The Hall–Kier alpha value is 0.350. The largest absolute Gasteiger partial charge is 0.314 e. The Morgan fingerprint density at radius 1 is 1.50 bits per heavy atom.